The molecule has 4 aromatic heterocycles. The smallest absolute Gasteiger partial charge is 0.278 e. The van der Waals surface area contributed by atoms with Crippen LogP contribution in [0, 0.1) is 0 Å². The number of pyridine rings is 1. The topological polar surface area (TPSA) is 103 Å². The lowest BCUT2D eigenvalue weighted by Crippen LogP contribution is -2.40. The molecule has 2 bridgehead atoms. The zero-order valence-corrected chi connectivity index (χ0v) is 26.3. The number of piperidine rings is 1. The molecule has 46 heavy (non-hydrogen) atoms. The van der Waals surface area contributed by atoms with Crippen LogP contribution in [0.15, 0.2) is 65.7 Å². The summed E-state index contributed by atoms with van der Waals surface area (Å²) >= 11 is 0. The van der Waals surface area contributed by atoms with Crippen molar-refractivity contribution >= 4 is 33.7 Å². The van der Waals surface area contributed by atoms with Crippen molar-refractivity contribution in [1.29, 1.82) is 0 Å². The molecule has 1 fully saturated rings. The maximum atomic E-state index is 13.6. The molecule has 0 saturated carbocycles. The maximum Gasteiger partial charge on any atom is 0.278 e. The van der Waals surface area contributed by atoms with E-state index in [-0.39, 0.29) is 18.1 Å². The first kappa shape index (κ1) is 28.7. The van der Waals surface area contributed by atoms with Gasteiger partial charge in [-0.3, -0.25) is 14.5 Å². The number of rotatable bonds is 4. The molecule has 3 aliphatic heterocycles. The number of carbonyl (C=O) groups excluding carboxylic acids is 1. The number of ether oxygens (including phenoxy) is 1. The van der Waals surface area contributed by atoms with Crippen molar-refractivity contribution in [3.63, 3.8) is 0 Å². The van der Waals surface area contributed by atoms with Crippen LogP contribution >= 0.6 is 0 Å². The minimum atomic E-state index is -0.186. The van der Waals surface area contributed by atoms with E-state index < -0.39 is 0 Å². The molecule has 0 spiro atoms. The molecule has 1 saturated heterocycles. The van der Waals surface area contributed by atoms with Crippen molar-refractivity contribution in [2.24, 2.45) is 0 Å². The lowest BCUT2D eigenvalue weighted by Gasteiger charge is -2.35. The third kappa shape index (κ3) is 4.99. The van der Waals surface area contributed by atoms with E-state index in [1.807, 2.05) is 18.2 Å². The highest BCUT2D eigenvalue weighted by Crippen LogP contribution is 2.33. The van der Waals surface area contributed by atoms with Crippen LogP contribution in [0.3, 0.4) is 0 Å². The third-order valence-electron chi connectivity index (χ3n) is 9.64. The molecule has 11 nitrogen and oxygen atoms in total. The average molecular weight is 619 g/mol. The summed E-state index contributed by atoms with van der Waals surface area (Å²) in [6, 6.07) is 13.5. The van der Waals surface area contributed by atoms with Crippen LogP contribution in [0.1, 0.15) is 57.0 Å². The molecule has 3 aliphatic rings. The molecule has 11 heteroatoms. The van der Waals surface area contributed by atoms with Gasteiger partial charge in [0.15, 0.2) is 29.6 Å². The largest absolute Gasteiger partial charge is 0.480 e. The highest BCUT2D eigenvalue weighted by molar-refractivity contribution is 5.96. The predicted octanol–water partition coefficient (Wildman–Crippen LogP) is 4.64. The average Bonchev–Trinajstić information content (AvgIpc) is 3.60. The van der Waals surface area contributed by atoms with Gasteiger partial charge in [-0.05, 0) is 80.8 Å². The number of amides is 1. The molecular formula is C35H38N8O3. The first-order chi connectivity index (χ1) is 22.4. The third-order valence-corrected chi connectivity index (χ3v) is 9.64. The van der Waals surface area contributed by atoms with Crippen LogP contribution in [0.25, 0.3) is 27.8 Å². The molecule has 8 rings (SSSR count). The van der Waals surface area contributed by atoms with Gasteiger partial charge in [-0.15, -0.1) is 0 Å². The normalized spacial score (nSPS) is 18.4. The van der Waals surface area contributed by atoms with Crippen LogP contribution in [0.5, 0.6) is 5.75 Å². The number of carbonyl (C=O) groups is 1. The number of benzene rings is 1. The summed E-state index contributed by atoms with van der Waals surface area (Å²) in [7, 11) is 0. The van der Waals surface area contributed by atoms with Crippen molar-refractivity contribution < 1.29 is 9.53 Å². The van der Waals surface area contributed by atoms with Crippen molar-refractivity contribution in [3.8, 4) is 11.6 Å². The van der Waals surface area contributed by atoms with Crippen LogP contribution in [-0.2, 0) is 17.8 Å². The summed E-state index contributed by atoms with van der Waals surface area (Å²) in [6.45, 7) is 7.73. The zero-order chi connectivity index (χ0) is 31.4. The zero-order valence-electron chi connectivity index (χ0n) is 26.3. The summed E-state index contributed by atoms with van der Waals surface area (Å²) in [4.78, 5) is 45.1. The van der Waals surface area contributed by atoms with Gasteiger partial charge in [-0.2, -0.15) is 0 Å². The number of likely N-dealkylation sites (tertiary alicyclic amines) is 1. The van der Waals surface area contributed by atoms with Gasteiger partial charge in [-0.25, -0.2) is 24.3 Å². The number of hydrogen-bond acceptors (Lipinski definition) is 7. The first-order valence-corrected chi connectivity index (χ1v) is 16.3. The second-order valence-corrected chi connectivity index (χ2v) is 12.8. The summed E-state index contributed by atoms with van der Waals surface area (Å²) in [5, 5.41) is 1.63. The maximum absolute atomic E-state index is 13.6. The highest BCUT2D eigenvalue weighted by atomic mass is 16.5. The van der Waals surface area contributed by atoms with E-state index in [0.29, 0.717) is 65.8 Å². The van der Waals surface area contributed by atoms with E-state index in [9.17, 15) is 9.59 Å². The van der Waals surface area contributed by atoms with Gasteiger partial charge in [0, 0.05) is 56.0 Å². The highest BCUT2D eigenvalue weighted by Gasteiger charge is 2.29. The van der Waals surface area contributed by atoms with Crippen molar-refractivity contribution in [2.75, 3.05) is 31.1 Å². The lowest BCUT2D eigenvalue weighted by atomic mass is 10.0. The van der Waals surface area contributed by atoms with Gasteiger partial charge >= 0.3 is 0 Å². The molecule has 0 N–H and O–H groups in total. The Morgan fingerprint density at radius 3 is 2.72 bits per heavy atom. The van der Waals surface area contributed by atoms with E-state index in [2.05, 4.69) is 64.8 Å². The predicted molar refractivity (Wildman–Crippen MR) is 177 cm³/mol. The number of allylic oxidation sites excluding steroid dienone is 2. The van der Waals surface area contributed by atoms with E-state index >= 15 is 0 Å². The number of nitrogens with zero attached hydrogens (tertiary/aromatic N) is 8. The molecule has 0 aliphatic carbocycles. The summed E-state index contributed by atoms with van der Waals surface area (Å²) in [5.41, 5.74) is 2.66. The first-order valence-electron chi connectivity index (χ1n) is 16.3. The Morgan fingerprint density at radius 2 is 1.87 bits per heavy atom. The van der Waals surface area contributed by atoms with Gasteiger partial charge in [0.05, 0.1) is 6.54 Å². The molecule has 5 aromatic rings. The van der Waals surface area contributed by atoms with E-state index in [0.717, 1.165) is 44.3 Å². The Kier molecular flexibility index (Phi) is 7.20. The number of aromatic nitrogens is 6. The van der Waals surface area contributed by atoms with Gasteiger partial charge in [-0.1, -0.05) is 18.2 Å². The summed E-state index contributed by atoms with van der Waals surface area (Å²) < 4.78 is 11.5. The Bertz CT molecular complexity index is 2050. The quantitative estimate of drug-likeness (QED) is 0.270. The second-order valence-electron chi connectivity index (χ2n) is 12.8. The Balaban J connectivity index is 1.14. The number of fused-ring (bicyclic) bond motifs is 6. The van der Waals surface area contributed by atoms with Crippen LogP contribution in [0.4, 0.5) is 5.82 Å². The molecular weight excluding hydrogens is 580 g/mol. The fourth-order valence-corrected chi connectivity index (χ4v) is 7.13. The van der Waals surface area contributed by atoms with Crippen LogP contribution < -0.4 is 15.2 Å². The number of anilines is 1. The summed E-state index contributed by atoms with van der Waals surface area (Å²) in [6.07, 6.45) is 12.3. The van der Waals surface area contributed by atoms with Gasteiger partial charge in [0.1, 0.15) is 11.2 Å². The molecule has 0 radical (unpaired) electrons. The summed E-state index contributed by atoms with van der Waals surface area (Å²) in [5.74, 6) is 2.02. The van der Waals surface area contributed by atoms with Gasteiger partial charge in [0.2, 0.25) is 0 Å². The Morgan fingerprint density at radius 1 is 1.00 bits per heavy atom. The van der Waals surface area contributed by atoms with E-state index in [4.69, 9.17) is 14.7 Å². The van der Waals surface area contributed by atoms with E-state index in [1.165, 1.54) is 10.9 Å². The molecule has 236 valence electrons. The minimum absolute atomic E-state index is 0.00819. The Labute approximate surface area is 266 Å². The fraction of sp³-hybridized carbons (Fsp3) is 0.400. The molecule has 1 amide bonds. The number of hydrogen-bond donors (Lipinski definition) is 0. The van der Waals surface area contributed by atoms with Crippen molar-refractivity contribution in [3.05, 3.63) is 82.7 Å². The lowest BCUT2D eigenvalue weighted by molar-refractivity contribution is -0.121. The monoisotopic (exact) mass is 618 g/mol. The van der Waals surface area contributed by atoms with Gasteiger partial charge < -0.3 is 14.2 Å². The molecule has 7 heterocycles. The Hall–Kier alpha value is -4.77. The second kappa shape index (κ2) is 11.5. The SMILES string of the molecule is CC(C)N1CCC(n2ccc3cc(Cc4ncc5c(=O)n6n(c5n4)-c4ccc5c(n4)N(CCC/C=C\C6)C(=O)CO5)ccc32)CC1. The standard InChI is InChI=1S/C35H38N8O3/c1-23(2)39-16-12-26(13-17-39)40-18-11-25-19-24(7-8-28(25)40)20-30-36-21-27-33(37-30)43-31-10-9-29-34(38-31)41(32(44)22-46-29)14-5-3-4-6-15-42(43)35(27)45/h4,6-11,18-19,21,23,26H,3,5,12-17,20,22H2,1-2H3/b6-4-. The van der Waals surface area contributed by atoms with Crippen molar-refractivity contribution in [1.82, 2.24) is 33.8 Å². The fourth-order valence-electron chi connectivity index (χ4n) is 7.13. The van der Waals surface area contributed by atoms with E-state index in [1.54, 1.807) is 20.5 Å². The minimum Gasteiger partial charge on any atom is -0.480 e. The molecule has 0 atom stereocenters. The van der Waals surface area contributed by atoms with Crippen LogP contribution in [-0.4, -0.2) is 72.0 Å². The van der Waals surface area contributed by atoms with Crippen LogP contribution in [0.2, 0.25) is 0 Å². The van der Waals surface area contributed by atoms with Gasteiger partial charge in [0.25, 0.3) is 11.5 Å². The molecule has 0 unspecified atom stereocenters. The van der Waals surface area contributed by atoms with Crippen molar-refractivity contribution in [2.45, 2.75) is 64.6 Å². The molecule has 1 aromatic carbocycles.